The second kappa shape index (κ2) is 11.2. The Morgan fingerprint density at radius 3 is 1.90 bits per heavy atom. The van der Waals surface area contributed by atoms with Crippen LogP contribution in [0.15, 0.2) is 163 Å². The fraction of sp³-hybridized carbons (Fsp3) is 0.125. The minimum Gasteiger partial charge on any atom is -0.309 e. The number of fused-ring (bicyclic) bond motifs is 3. The first-order valence-electron chi connectivity index (χ1n) is 17.8. The number of rotatable bonds is 4. The number of benzene rings is 7. The molecule has 0 N–H and O–H groups in total. The van der Waals surface area contributed by atoms with E-state index in [9.17, 15) is 0 Å². The summed E-state index contributed by atoms with van der Waals surface area (Å²) in [7, 11) is 0. The van der Waals surface area contributed by atoms with Gasteiger partial charge in [0, 0.05) is 16.5 Å². The number of hydrogen-bond donors (Lipinski definition) is 0. The van der Waals surface area contributed by atoms with Crippen LogP contribution in [0.2, 0.25) is 0 Å². The zero-order valence-electron chi connectivity index (χ0n) is 27.8. The summed E-state index contributed by atoms with van der Waals surface area (Å²) < 4.78 is 2.39. The van der Waals surface area contributed by atoms with E-state index in [0.29, 0.717) is 5.92 Å². The van der Waals surface area contributed by atoms with Gasteiger partial charge in [-0.2, -0.15) is 0 Å². The van der Waals surface area contributed by atoms with Crippen molar-refractivity contribution in [2.24, 2.45) is 5.92 Å². The predicted molar refractivity (Wildman–Crippen MR) is 211 cm³/mol. The van der Waals surface area contributed by atoms with E-state index in [-0.39, 0.29) is 0 Å². The maximum absolute atomic E-state index is 2.47. The van der Waals surface area contributed by atoms with Crippen LogP contribution in [0.4, 0.5) is 0 Å². The highest BCUT2D eigenvalue weighted by Gasteiger charge is 2.20. The van der Waals surface area contributed by atoms with Gasteiger partial charge in [-0.3, -0.25) is 0 Å². The lowest BCUT2D eigenvalue weighted by atomic mass is 9.83. The van der Waals surface area contributed by atoms with Crippen molar-refractivity contribution in [1.82, 2.24) is 4.57 Å². The molecule has 0 fully saturated rings. The van der Waals surface area contributed by atoms with Crippen LogP contribution in [0.25, 0.3) is 76.5 Å². The minimum atomic E-state index is 0.693. The molecule has 0 radical (unpaired) electrons. The number of nitrogens with zero attached hydrogens (tertiary/aromatic N) is 1. The quantitative estimate of drug-likeness (QED) is 0.171. The van der Waals surface area contributed by atoms with Crippen molar-refractivity contribution in [3.8, 4) is 16.8 Å². The van der Waals surface area contributed by atoms with E-state index in [1.807, 2.05) is 0 Å². The molecule has 234 valence electrons. The van der Waals surface area contributed by atoms with E-state index >= 15 is 0 Å². The molecule has 1 aromatic heterocycles. The summed E-state index contributed by atoms with van der Waals surface area (Å²) in [5, 5.41) is 10.6. The molecule has 10 rings (SSSR count). The van der Waals surface area contributed by atoms with Crippen LogP contribution in [-0.4, -0.2) is 4.57 Å². The number of hydrogen-bond acceptors (Lipinski definition) is 0. The van der Waals surface area contributed by atoms with Gasteiger partial charge < -0.3 is 4.57 Å². The summed E-state index contributed by atoms with van der Waals surface area (Å²) in [6.07, 6.45) is 16.4. The molecule has 49 heavy (non-hydrogen) atoms. The fourth-order valence-electron chi connectivity index (χ4n) is 8.64. The molecule has 8 aromatic rings. The maximum atomic E-state index is 2.47. The van der Waals surface area contributed by atoms with E-state index in [0.717, 1.165) is 25.7 Å². The molecule has 1 nitrogen and oxygen atoms in total. The number of allylic oxidation sites excluding steroid dienone is 8. The normalized spacial score (nSPS) is 16.8. The SMILES string of the molecule is CC1CC=CC(C2=C(c3ccc4ccc5c(-c6ccc(-n7c8ccccc8c8ccccc87)cc6)ccc6ccc3c4c65)CCC=C2)=CC1. The van der Waals surface area contributed by atoms with E-state index < -0.39 is 0 Å². The molecule has 7 aromatic carbocycles. The zero-order valence-corrected chi connectivity index (χ0v) is 27.8. The molecule has 1 heterocycles. The van der Waals surface area contributed by atoms with E-state index in [4.69, 9.17) is 0 Å². The van der Waals surface area contributed by atoms with Crippen molar-refractivity contribution < 1.29 is 0 Å². The molecular formula is C48H37N. The van der Waals surface area contributed by atoms with E-state index in [2.05, 4.69) is 163 Å². The van der Waals surface area contributed by atoms with Crippen LogP contribution in [-0.2, 0) is 0 Å². The second-order valence-corrected chi connectivity index (χ2v) is 14.0. The van der Waals surface area contributed by atoms with Crippen molar-refractivity contribution in [2.45, 2.75) is 32.6 Å². The third-order valence-electron chi connectivity index (χ3n) is 11.1. The van der Waals surface area contributed by atoms with Crippen LogP contribution in [0.3, 0.4) is 0 Å². The molecule has 1 heteroatoms. The lowest BCUT2D eigenvalue weighted by Gasteiger charge is -2.21. The van der Waals surface area contributed by atoms with Crippen LogP contribution in [0.5, 0.6) is 0 Å². The van der Waals surface area contributed by atoms with Crippen molar-refractivity contribution in [2.75, 3.05) is 0 Å². The van der Waals surface area contributed by atoms with E-state index in [1.165, 1.54) is 93.2 Å². The van der Waals surface area contributed by atoms with Gasteiger partial charge in [0.2, 0.25) is 0 Å². The minimum absolute atomic E-state index is 0.693. The number of para-hydroxylation sites is 2. The van der Waals surface area contributed by atoms with Crippen molar-refractivity contribution >= 4 is 59.7 Å². The van der Waals surface area contributed by atoms with E-state index in [1.54, 1.807) is 0 Å². The highest BCUT2D eigenvalue weighted by Crippen LogP contribution is 2.44. The first-order chi connectivity index (χ1) is 24.2. The Morgan fingerprint density at radius 2 is 1.18 bits per heavy atom. The highest BCUT2D eigenvalue weighted by atomic mass is 15.0. The average Bonchev–Trinajstić information content (AvgIpc) is 3.33. The lowest BCUT2D eigenvalue weighted by molar-refractivity contribution is 0.606. The molecular weight excluding hydrogens is 591 g/mol. The second-order valence-electron chi connectivity index (χ2n) is 14.0. The highest BCUT2D eigenvalue weighted by molar-refractivity contribution is 6.27. The summed E-state index contributed by atoms with van der Waals surface area (Å²) >= 11 is 0. The Hall–Kier alpha value is -5.66. The van der Waals surface area contributed by atoms with Crippen molar-refractivity contribution in [3.63, 3.8) is 0 Å². The molecule has 2 aliphatic carbocycles. The Bertz CT molecular complexity index is 2650. The summed E-state index contributed by atoms with van der Waals surface area (Å²) in [5.41, 5.74) is 11.8. The van der Waals surface area contributed by atoms with Gasteiger partial charge in [-0.05, 0) is 122 Å². The average molecular weight is 628 g/mol. The third-order valence-corrected chi connectivity index (χ3v) is 11.1. The van der Waals surface area contributed by atoms with Crippen molar-refractivity contribution in [1.29, 1.82) is 0 Å². The molecule has 0 aliphatic heterocycles. The molecule has 0 saturated carbocycles. The zero-order chi connectivity index (χ0) is 32.5. The first-order valence-corrected chi connectivity index (χ1v) is 17.8. The fourth-order valence-corrected chi connectivity index (χ4v) is 8.64. The molecule has 1 unspecified atom stereocenters. The first kappa shape index (κ1) is 28.4. The number of aromatic nitrogens is 1. The Kier molecular flexibility index (Phi) is 6.49. The molecule has 0 spiro atoms. The Labute approximate surface area is 287 Å². The van der Waals surface area contributed by atoms with Crippen molar-refractivity contribution in [3.05, 3.63) is 168 Å². The van der Waals surface area contributed by atoms with Gasteiger partial charge in [-0.25, -0.2) is 0 Å². The third kappa shape index (κ3) is 4.46. The molecule has 0 bridgehead atoms. The monoisotopic (exact) mass is 627 g/mol. The molecule has 0 saturated heterocycles. The van der Waals surface area contributed by atoms with Crippen LogP contribution in [0, 0.1) is 5.92 Å². The van der Waals surface area contributed by atoms with Gasteiger partial charge in [0.15, 0.2) is 0 Å². The van der Waals surface area contributed by atoms with Gasteiger partial charge in [0.25, 0.3) is 0 Å². The van der Waals surface area contributed by atoms with Gasteiger partial charge in [-0.15, -0.1) is 0 Å². The smallest absolute Gasteiger partial charge is 0.0541 e. The molecule has 1 atom stereocenters. The molecule has 0 amide bonds. The van der Waals surface area contributed by atoms with Gasteiger partial charge in [0.1, 0.15) is 0 Å². The summed E-state index contributed by atoms with van der Waals surface area (Å²) in [6.45, 7) is 2.35. The Morgan fingerprint density at radius 1 is 0.551 bits per heavy atom. The largest absolute Gasteiger partial charge is 0.309 e. The summed E-state index contributed by atoms with van der Waals surface area (Å²) in [6, 6.07) is 45.4. The lowest BCUT2D eigenvalue weighted by Crippen LogP contribution is -1.99. The van der Waals surface area contributed by atoms with Gasteiger partial charge >= 0.3 is 0 Å². The predicted octanol–water partition coefficient (Wildman–Crippen LogP) is 13.4. The standard InChI is InChI=1S/C48H37N/c1-31-9-8-10-32(18-17-31)37-11-2-3-12-39(37)40-28-22-35-23-29-43-38(27-21-34-24-30-44(40)48(35)47(34)43)33-19-25-36(26-20-33)49-45-15-6-4-13-41(45)42-14-5-7-16-46(42)49/h2,4-8,10-11,13-16,18-31H,3,9,12,17H2,1H3. The summed E-state index contributed by atoms with van der Waals surface area (Å²) in [5.74, 6) is 0.693. The van der Waals surface area contributed by atoms with Gasteiger partial charge in [-0.1, -0.05) is 134 Å². The van der Waals surface area contributed by atoms with Crippen LogP contribution < -0.4 is 0 Å². The van der Waals surface area contributed by atoms with Crippen LogP contribution in [0.1, 0.15) is 38.2 Å². The Balaban J connectivity index is 1.13. The van der Waals surface area contributed by atoms with Crippen LogP contribution >= 0.6 is 0 Å². The topological polar surface area (TPSA) is 4.93 Å². The maximum Gasteiger partial charge on any atom is 0.0541 e. The van der Waals surface area contributed by atoms with Gasteiger partial charge in [0.05, 0.1) is 11.0 Å². The molecule has 2 aliphatic rings. The summed E-state index contributed by atoms with van der Waals surface area (Å²) in [4.78, 5) is 0.